The van der Waals surface area contributed by atoms with Gasteiger partial charge in [-0.25, -0.2) is 0 Å². The van der Waals surface area contributed by atoms with E-state index in [0.717, 1.165) is 23.7 Å². The van der Waals surface area contributed by atoms with E-state index < -0.39 is 0 Å². The number of anilines is 1. The van der Waals surface area contributed by atoms with Gasteiger partial charge in [-0.05, 0) is 37.5 Å². The summed E-state index contributed by atoms with van der Waals surface area (Å²) in [6.45, 7) is 15.1. The zero-order valence-electron chi connectivity index (χ0n) is 13.7. The Morgan fingerprint density at radius 1 is 1.10 bits per heavy atom. The maximum Gasteiger partial charge on any atom is 0.0471 e. The molecule has 0 bridgehead atoms. The van der Waals surface area contributed by atoms with Gasteiger partial charge in [0.25, 0.3) is 0 Å². The molecule has 0 fully saturated rings. The van der Waals surface area contributed by atoms with Crippen molar-refractivity contribution >= 4 is 17.3 Å². The first-order valence-corrected chi connectivity index (χ1v) is 7.97. The number of rotatable bonds is 7. The minimum absolute atomic E-state index is 0.471. The third kappa shape index (κ3) is 5.34. The monoisotopic (exact) mass is 296 g/mol. The number of nitrogens with zero attached hydrogens (tertiary/aromatic N) is 1. The summed E-state index contributed by atoms with van der Waals surface area (Å²) in [5.74, 6) is 0.637. The van der Waals surface area contributed by atoms with Crippen LogP contribution in [-0.4, -0.2) is 18.6 Å². The molecule has 0 spiro atoms. The summed E-state index contributed by atoms with van der Waals surface area (Å²) < 4.78 is 0. The smallest absolute Gasteiger partial charge is 0.0471 e. The van der Waals surface area contributed by atoms with Crippen LogP contribution < -0.4 is 10.2 Å². The molecule has 0 heterocycles. The van der Waals surface area contributed by atoms with E-state index in [9.17, 15) is 0 Å². The minimum atomic E-state index is 0.471. The van der Waals surface area contributed by atoms with Crippen LogP contribution in [0, 0.1) is 5.92 Å². The lowest BCUT2D eigenvalue weighted by Gasteiger charge is -2.31. The van der Waals surface area contributed by atoms with E-state index in [-0.39, 0.29) is 0 Å². The van der Waals surface area contributed by atoms with Gasteiger partial charge < -0.3 is 10.2 Å². The molecule has 0 saturated carbocycles. The van der Waals surface area contributed by atoms with Crippen molar-refractivity contribution in [1.29, 1.82) is 0 Å². The molecule has 0 atom stereocenters. The van der Waals surface area contributed by atoms with Crippen molar-refractivity contribution in [3.8, 4) is 0 Å². The predicted octanol–water partition coefficient (Wildman–Crippen LogP) is 4.71. The Morgan fingerprint density at radius 3 is 2.20 bits per heavy atom. The van der Waals surface area contributed by atoms with Crippen LogP contribution in [0.25, 0.3) is 0 Å². The maximum absolute atomic E-state index is 6.43. The second-order valence-corrected chi connectivity index (χ2v) is 6.86. The summed E-state index contributed by atoms with van der Waals surface area (Å²) in [7, 11) is 0. The van der Waals surface area contributed by atoms with Gasteiger partial charge in [0.1, 0.15) is 0 Å². The lowest BCUT2D eigenvalue weighted by atomic mass is 10.1. The van der Waals surface area contributed by atoms with E-state index >= 15 is 0 Å². The molecular weight excluding hydrogens is 268 g/mol. The molecule has 1 aromatic rings. The zero-order valence-corrected chi connectivity index (χ0v) is 14.5. The summed E-state index contributed by atoms with van der Waals surface area (Å²) >= 11 is 6.43. The molecule has 1 N–H and O–H groups in total. The number of halogens is 1. The molecule has 2 nitrogen and oxygen atoms in total. The van der Waals surface area contributed by atoms with Gasteiger partial charge in [0.2, 0.25) is 0 Å². The quantitative estimate of drug-likeness (QED) is 0.784. The lowest BCUT2D eigenvalue weighted by Crippen LogP contribution is -2.34. The molecule has 1 aromatic carbocycles. The fourth-order valence-electron chi connectivity index (χ4n) is 2.18. The fourth-order valence-corrected chi connectivity index (χ4v) is 2.42. The minimum Gasteiger partial charge on any atom is -0.369 e. The summed E-state index contributed by atoms with van der Waals surface area (Å²) in [4.78, 5) is 2.41. The average molecular weight is 297 g/mol. The molecule has 0 aliphatic rings. The number of benzene rings is 1. The van der Waals surface area contributed by atoms with Gasteiger partial charge in [-0.3, -0.25) is 0 Å². The standard InChI is InChI=1S/C17H29ClN2/c1-12(2)11-20(14(5)6)16-8-7-15(17(18)9-16)10-19-13(3)4/h7-9,12-14,19H,10-11H2,1-6H3. The van der Waals surface area contributed by atoms with E-state index in [1.54, 1.807) is 0 Å². The van der Waals surface area contributed by atoms with Crippen LogP contribution in [0.15, 0.2) is 18.2 Å². The summed E-state index contributed by atoms with van der Waals surface area (Å²) in [5, 5.41) is 4.26. The highest BCUT2D eigenvalue weighted by molar-refractivity contribution is 6.31. The second-order valence-electron chi connectivity index (χ2n) is 6.45. The zero-order chi connectivity index (χ0) is 15.3. The topological polar surface area (TPSA) is 15.3 Å². The Balaban J connectivity index is 2.88. The van der Waals surface area contributed by atoms with Gasteiger partial charge in [0.05, 0.1) is 0 Å². The highest BCUT2D eigenvalue weighted by Crippen LogP contribution is 2.26. The summed E-state index contributed by atoms with van der Waals surface area (Å²) in [5.41, 5.74) is 2.38. The molecule has 0 aromatic heterocycles. The predicted molar refractivity (Wildman–Crippen MR) is 90.7 cm³/mol. The Kier molecular flexibility index (Phi) is 6.84. The van der Waals surface area contributed by atoms with Gasteiger partial charge in [-0.1, -0.05) is 45.4 Å². The maximum atomic E-state index is 6.43. The van der Waals surface area contributed by atoms with Crippen molar-refractivity contribution in [2.75, 3.05) is 11.4 Å². The molecule has 20 heavy (non-hydrogen) atoms. The molecular formula is C17H29ClN2. The van der Waals surface area contributed by atoms with Crippen molar-refractivity contribution in [3.05, 3.63) is 28.8 Å². The highest BCUT2D eigenvalue weighted by atomic mass is 35.5. The molecule has 3 heteroatoms. The van der Waals surface area contributed by atoms with Gasteiger partial charge in [-0.2, -0.15) is 0 Å². The van der Waals surface area contributed by atoms with Crippen LogP contribution in [0.3, 0.4) is 0 Å². The van der Waals surface area contributed by atoms with Crippen molar-refractivity contribution in [2.24, 2.45) is 5.92 Å². The molecule has 0 amide bonds. The average Bonchev–Trinajstić information content (AvgIpc) is 2.33. The molecule has 114 valence electrons. The van der Waals surface area contributed by atoms with Gasteiger partial charge >= 0.3 is 0 Å². The van der Waals surface area contributed by atoms with Gasteiger partial charge in [-0.15, -0.1) is 0 Å². The van der Waals surface area contributed by atoms with Gasteiger partial charge in [0.15, 0.2) is 0 Å². The molecule has 0 radical (unpaired) electrons. The van der Waals surface area contributed by atoms with E-state index in [1.807, 2.05) is 0 Å². The first-order valence-electron chi connectivity index (χ1n) is 7.59. The van der Waals surface area contributed by atoms with Crippen LogP contribution in [0.2, 0.25) is 5.02 Å². The fraction of sp³-hybridized carbons (Fsp3) is 0.647. The molecule has 0 unspecified atom stereocenters. The third-order valence-corrected chi connectivity index (χ3v) is 3.61. The Bertz CT molecular complexity index is 413. The van der Waals surface area contributed by atoms with Crippen LogP contribution in [-0.2, 0) is 6.54 Å². The molecule has 0 aliphatic carbocycles. The van der Waals surface area contributed by atoms with Crippen molar-refractivity contribution in [1.82, 2.24) is 5.32 Å². The Morgan fingerprint density at radius 2 is 1.75 bits per heavy atom. The van der Waals surface area contributed by atoms with Crippen molar-refractivity contribution < 1.29 is 0 Å². The van der Waals surface area contributed by atoms with Crippen molar-refractivity contribution in [3.63, 3.8) is 0 Å². The SMILES string of the molecule is CC(C)CN(c1ccc(CNC(C)C)c(Cl)c1)C(C)C. The lowest BCUT2D eigenvalue weighted by molar-refractivity contribution is 0.570. The normalized spacial score (nSPS) is 11.7. The molecule has 0 aliphatic heterocycles. The molecule has 1 rings (SSSR count). The van der Waals surface area contributed by atoms with Crippen LogP contribution in [0.1, 0.15) is 47.1 Å². The second kappa shape index (κ2) is 7.90. The third-order valence-electron chi connectivity index (χ3n) is 3.25. The van der Waals surface area contributed by atoms with E-state index in [2.05, 4.69) is 70.0 Å². The van der Waals surface area contributed by atoms with E-state index in [0.29, 0.717) is 18.0 Å². The van der Waals surface area contributed by atoms with Gasteiger partial charge in [0, 0.05) is 35.9 Å². The number of hydrogen-bond acceptors (Lipinski definition) is 2. The number of nitrogens with one attached hydrogen (secondary N) is 1. The van der Waals surface area contributed by atoms with Crippen LogP contribution in [0.5, 0.6) is 0 Å². The summed E-state index contributed by atoms with van der Waals surface area (Å²) in [6.07, 6.45) is 0. The molecule has 0 saturated heterocycles. The number of hydrogen-bond donors (Lipinski definition) is 1. The van der Waals surface area contributed by atoms with E-state index in [1.165, 1.54) is 5.69 Å². The van der Waals surface area contributed by atoms with Crippen LogP contribution >= 0.6 is 11.6 Å². The van der Waals surface area contributed by atoms with Crippen LogP contribution in [0.4, 0.5) is 5.69 Å². The summed E-state index contributed by atoms with van der Waals surface area (Å²) in [6, 6.07) is 7.38. The highest BCUT2D eigenvalue weighted by Gasteiger charge is 2.13. The first kappa shape index (κ1) is 17.3. The Labute approximate surface area is 129 Å². The van der Waals surface area contributed by atoms with E-state index in [4.69, 9.17) is 11.6 Å². The first-order chi connectivity index (χ1) is 9.31. The largest absolute Gasteiger partial charge is 0.369 e. The van der Waals surface area contributed by atoms with Crippen molar-refractivity contribution in [2.45, 2.75) is 60.2 Å². The Hall–Kier alpha value is -0.730.